The minimum atomic E-state index is -0.791. The Kier molecular flexibility index (Phi) is 3.55. The van der Waals surface area contributed by atoms with Crippen molar-refractivity contribution in [2.45, 2.75) is 63.5 Å². The highest BCUT2D eigenvalue weighted by Crippen LogP contribution is 2.70. The van der Waals surface area contributed by atoms with Crippen LogP contribution >= 0.6 is 0 Å². The van der Waals surface area contributed by atoms with Crippen LogP contribution in [0.2, 0.25) is 0 Å². The smallest absolute Gasteiger partial charge is 0.303 e. The number of hydrogen-bond donors (Lipinski definition) is 1. The van der Waals surface area contributed by atoms with Gasteiger partial charge in [0.25, 0.3) is 0 Å². The quantitative estimate of drug-likeness (QED) is 0.516. The Hall–Kier alpha value is -0.860. The lowest BCUT2D eigenvalue weighted by molar-refractivity contribution is -0.182. The van der Waals surface area contributed by atoms with Crippen LogP contribution in [-0.2, 0) is 4.79 Å². The molecule has 96 valence electrons. The van der Waals surface area contributed by atoms with Gasteiger partial charge in [0.2, 0.25) is 0 Å². The van der Waals surface area contributed by atoms with Crippen molar-refractivity contribution in [1.29, 1.82) is 0 Å². The average molecular weight is 240 g/mol. The van der Waals surface area contributed by atoms with Crippen molar-refractivity contribution in [3.63, 3.8) is 0 Å². The van der Waals surface area contributed by atoms with Crippen molar-refractivity contribution < 1.29 is 14.3 Å². The summed E-state index contributed by atoms with van der Waals surface area (Å²) in [5.41, 5.74) is -0.556. The molecule has 2 bridgehead atoms. The molecule has 0 amide bonds. The third-order valence-corrected chi connectivity index (χ3v) is 3.99. The lowest BCUT2D eigenvalue weighted by atomic mass is 9.42. The van der Waals surface area contributed by atoms with E-state index in [2.05, 4.69) is 12.2 Å². The lowest BCUT2D eigenvalue weighted by Crippen LogP contribution is -2.63. The normalized spacial score (nSPS) is 34.4. The molecule has 3 fully saturated rings. The molecule has 0 saturated heterocycles. The molecule has 0 aromatic rings. The molecule has 3 saturated carbocycles. The highest BCUT2D eigenvalue weighted by Gasteiger charge is 2.67. The van der Waals surface area contributed by atoms with E-state index in [-0.39, 0.29) is 11.8 Å². The van der Waals surface area contributed by atoms with Gasteiger partial charge in [-0.15, -0.1) is 0 Å². The molecular formula is C14H21FO2. The number of allylic oxidation sites excluding steroid dienone is 2. The summed E-state index contributed by atoms with van der Waals surface area (Å²) in [4.78, 5) is 10.3. The molecule has 1 N–H and O–H groups in total. The SMILES string of the molecule is O=C(O)CCCCCCC=CC12CC(F)(C1)C2. The predicted octanol–water partition coefficient (Wildman–Crippen LogP) is 3.86. The van der Waals surface area contributed by atoms with E-state index in [0.717, 1.165) is 51.4 Å². The Labute approximate surface area is 102 Å². The van der Waals surface area contributed by atoms with Gasteiger partial charge in [-0.05, 0) is 43.9 Å². The summed E-state index contributed by atoms with van der Waals surface area (Å²) in [5, 5.41) is 8.46. The van der Waals surface area contributed by atoms with E-state index in [9.17, 15) is 9.18 Å². The molecule has 3 rings (SSSR count). The van der Waals surface area contributed by atoms with E-state index in [1.165, 1.54) is 0 Å². The van der Waals surface area contributed by atoms with Crippen LogP contribution in [0.1, 0.15) is 57.8 Å². The van der Waals surface area contributed by atoms with Crippen molar-refractivity contribution >= 4 is 5.97 Å². The fourth-order valence-electron chi connectivity index (χ4n) is 3.14. The topological polar surface area (TPSA) is 37.3 Å². The number of alkyl halides is 1. The van der Waals surface area contributed by atoms with E-state index in [4.69, 9.17) is 5.11 Å². The highest BCUT2D eigenvalue weighted by molar-refractivity contribution is 5.66. The summed E-state index contributed by atoms with van der Waals surface area (Å²) >= 11 is 0. The van der Waals surface area contributed by atoms with E-state index in [1.807, 2.05) is 0 Å². The van der Waals surface area contributed by atoms with Gasteiger partial charge in [0, 0.05) is 6.42 Å². The van der Waals surface area contributed by atoms with Crippen molar-refractivity contribution in [2.75, 3.05) is 0 Å². The Bertz CT molecular complexity index is 302. The largest absolute Gasteiger partial charge is 0.481 e. The van der Waals surface area contributed by atoms with E-state index >= 15 is 0 Å². The molecule has 0 unspecified atom stereocenters. The van der Waals surface area contributed by atoms with Gasteiger partial charge in [-0.2, -0.15) is 0 Å². The van der Waals surface area contributed by atoms with Gasteiger partial charge in [-0.1, -0.05) is 25.0 Å². The minimum Gasteiger partial charge on any atom is -0.481 e. The van der Waals surface area contributed by atoms with Gasteiger partial charge in [0.05, 0.1) is 0 Å². The molecule has 3 heteroatoms. The zero-order valence-electron chi connectivity index (χ0n) is 10.3. The van der Waals surface area contributed by atoms with Gasteiger partial charge in [0.15, 0.2) is 0 Å². The number of unbranched alkanes of at least 4 members (excludes halogenated alkanes) is 4. The molecule has 0 atom stereocenters. The van der Waals surface area contributed by atoms with Crippen LogP contribution in [0.15, 0.2) is 12.2 Å². The number of aliphatic carboxylic acids is 1. The van der Waals surface area contributed by atoms with Crippen LogP contribution in [0.3, 0.4) is 0 Å². The van der Waals surface area contributed by atoms with Gasteiger partial charge >= 0.3 is 5.97 Å². The molecule has 0 aromatic carbocycles. The molecule has 3 aliphatic carbocycles. The first-order chi connectivity index (χ1) is 8.04. The van der Waals surface area contributed by atoms with Crippen LogP contribution in [0.4, 0.5) is 4.39 Å². The summed E-state index contributed by atoms with van der Waals surface area (Å²) in [6.45, 7) is 0. The van der Waals surface area contributed by atoms with Crippen molar-refractivity contribution in [3.05, 3.63) is 12.2 Å². The second-order valence-corrected chi connectivity index (χ2v) is 5.79. The maximum absolute atomic E-state index is 13.2. The van der Waals surface area contributed by atoms with Crippen molar-refractivity contribution in [3.8, 4) is 0 Å². The van der Waals surface area contributed by atoms with Gasteiger partial charge in [-0.3, -0.25) is 4.79 Å². The van der Waals surface area contributed by atoms with Crippen LogP contribution in [0, 0.1) is 5.41 Å². The van der Waals surface area contributed by atoms with E-state index in [1.54, 1.807) is 0 Å². The molecule has 0 radical (unpaired) electrons. The zero-order valence-corrected chi connectivity index (χ0v) is 10.3. The number of hydrogen-bond acceptors (Lipinski definition) is 1. The summed E-state index contributed by atoms with van der Waals surface area (Å²) in [6.07, 6.45) is 12.0. The van der Waals surface area contributed by atoms with Crippen LogP contribution in [0.5, 0.6) is 0 Å². The monoisotopic (exact) mass is 240 g/mol. The molecule has 0 spiro atoms. The molecule has 0 heterocycles. The second-order valence-electron chi connectivity index (χ2n) is 5.79. The summed E-state index contributed by atoms with van der Waals surface area (Å²) < 4.78 is 13.2. The fraction of sp³-hybridized carbons (Fsp3) is 0.786. The zero-order chi connectivity index (χ0) is 12.4. The first-order valence-electron chi connectivity index (χ1n) is 6.62. The molecular weight excluding hydrogens is 219 g/mol. The van der Waals surface area contributed by atoms with Gasteiger partial charge in [-0.25, -0.2) is 4.39 Å². The van der Waals surface area contributed by atoms with Crippen LogP contribution in [0.25, 0.3) is 0 Å². The Balaban J connectivity index is 1.44. The van der Waals surface area contributed by atoms with Crippen molar-refractivity contribution in [2.24, 2.45) is 5.41 Å². The number of rotatable bonds is 8. The predicted molar refractivity (Wildman–Crippen MR) is 64.6 cm³/mol. The third kappa shape index (κ3) is 3.08. The highest BCUT2D eigenvalue weighted by atomic mass is 19.1. The number of halogens is 1. The second kappa shape index (κ2) is 4.79. The third-order valence-electron chi connectivity index (χ3n) is 3.99. The molecule has 0 aromatic heterocycles. The average Bonchev–Trinajstić information content (AvgIpc) is 2.17. The fourth-order valence-corrected chi connectivity index (χ4v) is 3.14. The Morgan fingerprint density at radius 2 is 1.82 bits per heavy atom. The Morgan fingerprint density at radius 1 is 1.18 bits per heavy atom. The summed E-state index contributed by atoms with van der Waals surface area (Å²) in [6, 6.07) is 0. The lowest BCUT2D eigenvalue weighted by Gasteiger charge is -2.64. The first kappa shape index (κ1) is 12.6. The minimum absolute atomic E-state index is 0.234. The summed E-state index contributed by atoms with van der Waals surface area (Å²) in [5.74, 6) is -0.700. The van der Waals surface area contributed by atoms with Crippen molar-refractivity contribution in [1.82, 2.24) is 0 Å². The van der Waals surface area contributed by atoms with Gasteiger partial charge < -0.3 is 5.11 Å². The van der Waals surface area contributed by atoms with Gasteiger partial charge in [0.1, 0.15) is 5.67 Å². The first-order valence-corrected chi connectivity index (χ1v) is 6.62. The van der Waals surface area contributed by atoms with E-state index in [0.29, 0.717) is 0 Å². The molecule has 3 aliphatic rings. The maximum Gasteiger partial charge on any atom is 0.303 e. The van der Waals surface area contributed by atoms with Crippen LogP contribution in [-0.4, -0.2) is 16.7 Å². The van der Waals surface area contributed by atoms with E-state index < -0.39 is 11.6 Å². The summed E-state index contributed by atoms with van der Waals surface area (Å²) in [7, 11) is 0. The number of carbonyl (C=O) groups is 1. The standard InChI is InChI=1S/C14H21FO2/c15-14-9-13(10-14,11-14)8-6-4-2-1-3-5-7-12(16)17/h6,8H,1-5,7,9-11H2,(H,16,17). The maximum atomic E-state index is 13.2. The molecule has 17 heavy (non-hydrogen) atoms. The Morgan fingerprint density at radius 3 is 2.41 bits per heavy atom. The van der Waals surface area contributed by atoms with Crippen LogP contribution < -0.4 is 0 Å². The number of carboxylic acid groups (broad SMARTS) is 1. The molecule has 0 aliphatic heterocycles. The number of carboxylic acids is 1. The molecule has 2 nitrogen and oxygen atoms in total.